The number of nitrogens with zero attached hydrogens (tertiary/aromatic N) is 2. The van der Waals surface area contributed by atoms with Crippen molar-refractivity contribution in [1.29, 1.82) is 0 Å². The molecule has 0 spiro atoms. The van der Waals surface area contributed by atoms with Crippen molar-refractivity contribution in [2.24, 2.45) is 5.92 Å². The van der Waals surface area contributed by atoms with Crippen LogP contribution in [0.2, 0.25) is 0 Å². The van der Waals surface area contributed by atoms with Crippen molar-refractivity contribution >= 4 is 5.97 Å². The number of carbonyl (C=O) groups is 1. The van der Waals surface area contributed by atoms with Crippen LogP contribution in [0.3, 0.4) is 0 Å². The Morgan fingerprint density at radius 3 is 2.71 bits per heavy atom. The molecule has 0 saturated heterocycles. The highest BCUT2D eigenvalue weighted by atomic mass is 16.5. The molecule has 1 saturated carbocycles. The Hall–Kier alpha value is -1.45. The topological polar surface area (TPSA) is 52.1 Å². The Morgan fingerprint density at radius 2 is 2.18 bits per heavy atom. The molecule has 0 N–H and O–H groups in total. The van der Waals surface area contributed by atoms with Crippen LogP contribution in [-0.4, -0.2) is 23.0 Å². The first-order valence-electron chi connectivity index (χ1n) is 6.06. The number of aromatic nitrogens is 2. The van der Waals surface area contributed by atoms with E-state index >= 15 is 0 Å². The first kappa shape index (κ1) is 12.0. The number of esters is 1. The van der Waals surface area contributed by atoms with Crippen molar-refractivity contribution in [1.82, 2.24) is 9.97 Å². The van der Waals surface area contributed by atoms with Gasteiger partial charge in [-0.3, -0.25) is 0 Å². The van der Waals surface area contributed by atoms with E-state index in [1.165, 1.54) is 7.11 Å². The normalized spacial score (nSPS) is 15.1. The van der Waals surface area contributed by atoms with Crippen LogP contribution >= 0.6 is 0 Å². The van der Waals surface area contributed by atoms with E-state index in [9.17, 15) is 4.79 Å². The fraction of sp³-hybridized carbons (Fsp3) is 0.615. The zero-order valence-corrected chi connectivity index (χ0v) is 10.6. The average molecular weight is 234 g/mol. The SMILES string of the molecule is COC(=O)c1cc(CC(C)C)nc(C2CC2)n1. The molecular weight excluding hydrogens is 216 g/mol. The number of rotatable bonds is 4. The molecule has 1 aliphatic carbocycles. The summed E-state index contributed by atoms with van der Waals surface area (Å²) >= 11 is 0. The molecule has 1 aromatic heterocycles. The standard InChI is InChI=1S/C13H18N2O2/c1-8(2)6-10-7-11(13(16)17-3)15-12(14-10)9-4-5-9/h7-9H,4-6H2,1-3H3. The molecule has 4 heteroatoms. The minimum Gasteiger partial charge on any atom is -0.464 e. The summed E-state index contributed by atoms with van der Waals surface area (Å²) in [6.45, 7) is 4.27. The number of hydrogen-bond acceptors (Lipinski definition) is 4. The molecule has 92 valence electrons. The second kappa shape index (κ2) is 4.82. The highest BCUT2D eigenvalue weighted by Crippen LogP contribution is 2.38. The van der Waals surface area contributed by atoms with Crippen molar-refractivity contribution in [3.05, 3.63) is 23.3 Å². The molecule has 4 nitrogen and oxygen atoms in total. The van der Waals surface area contributed by atoms with Gasteiger partial charge in [0.1, 0.15) is 5.82 Å². The lowest BCUT2D eigenvalue weighted by molar-refractivity contribution is 0.0593. The molecule has 0 atom stereocenters. The van der Waals surface area contributed by atoms with Crippen LogP contribution < -0.4 is 0 Å². The average Bonchev–Trinajstić information content (AvgIpc) is 3.10. The van der Waals surface area contributed by atoms with Crippen LogP contribution in [0.15, 0.2) is 6.07 Å². The van der Waals surface area contributed by atoms with Crippen LogP contribution in [0, 0.1) is 5.92 Å². The number of ether oxygens (including phenoxy) is 1. The third-order valence-corrected chi connectivity index (χ3v) is 2.75. The molecule has 0 unspecified atom stereocenters. The van der Waals surface area contributed by atoms with E-state index < -0.39 is 0 Å². The quantitative estimate of drug-likeness (QED) is 0.750. The van der Waals surface area contributed by atoms with Crippen LogP contribution in [0.25, 0.3) is 0 Å². The van der Waals surface area contributed by atoms with E-state index in [1.807, 2.05) is 0 Å². The molecule has 17 heavy (non-hydrogen) atoms. The molecule has 1 aliphatic rings. The maximum atomic E-state index is 11.5. The zero-order chi connectivity index (χ0) is 12.4. The first-order valence-corrected chi connectivity index (χ1v) is 6.06. The maximum Gasteiger partial charge on any atom is 0.356 e. The lowest BCUT2D eigenvalue weighted by atomic mass is 10.1. The maximum absolute atomic E-state index is 11.5. The molecule has 2 rings (SSSR count). The summed E-state index contributed by atoms with van der Waals surface area (Å²) in [7, 11) is 1.38. The molecule has 0 radical (unpaired) electrons. The molecule has 0 bridgehead atoms. The summed E-state index contributed by atoms with van der Waals surface area (Å²) in [6.07, 6.45) is 3.13. The third-order valence-electron chi connectivity index (χ3n) is 2.75. The van der Waals surface area contributed by atoms with Crippen molar-refractivity contribution in [3.8, 4) is 0 Å². The van der Waals surface area contributed by atoms with Gasteiger partial charge in [-0.1, -0.05) is 13.8 Å². The molecule has 1 aromatic rings. The van der Waals surface area contributed by atoms with E-state index in [-0.39, 0.29) is 5.97 Å². The van der Waals surface area contributed by atoms with Crippen LogP contribution in [-0.2, 0) is 11.2 Å². The summed E-state index contributed by atoms with van der Waals surface area (Å²) in [6, 6.07) is 1.75. The fourth-order valence-electron chi connectivity index (χ4n) is 1.77. The summed E-state index contributed by atoms with van der Waals surface area (Å²) in [5.74, 6) is 1.40. The van der Waals surface area contributed by atoms with Gasteiger partial charge >= 0.3 is 5.97 Å². The van der Waals surface area contributed by atoms with Crippen molar-refractivity contribution in [2.45, 2.75) is 39.0 Å². The largest absolute Gasteiger partial charge is 0.464 e. The molecule has 0 amide bonds. The van der Waals surface area contributed by atoms with Crippen LogP contribution in [0.4, 0.5) is 0 Å². The number of methoxy groups -OCH3 is 1. The lowest BCUT2D eigenvalue weighted by Crippen LogP contribution is -2.10. The Labute approximate surface area is 101 Å². The smallest absolute Gasteiger partial charge is 0.356 e. The summed E-state index contributed by atoms with van der Waals surface area (Å²) in [5.41, 5.74) is 1.33. The van der Waals surface area contributed by atoms with Crippen molar-refractivity contribution in [3.63, 3.8) is 0 Å². The second-order valence-corrected chi connectivity index (χ2v) is 4.97. The zero-order valence-electron chi connectivity index (χ0n) is 10.6. The predicted molar refractivity (Wildman–Crippen MR) is 63.9 cm³/mol. The van der Waals surface area contributed by atoms with Gasteiger partial charge in [0.05, 0.1) is 7.11 Å². The van der Waals surface area contributed by atoms with Gasteiger partial charge < -0.3 is 4.74 Å². The van der Waals surface area contributed by atoms with Gasteiger partial charge in [0.15, 0.2) is 5.69 Å². The molecule has 0 aliphatic heterocycles. The van der Waals surface area contributed by atoms with E-state index in [2.05, 4.69) is 23.8 Å². The van der Waals surface area contributed by atoms with Crippen LogP contribution in [0.5, 0.6) is 0 Å². The predicted octanol–water partition coefficient (Wildman–Crippen LogP) is 2.34. The second-order valence-electron chi connectivity index (χ2n) is 4.97. The minimum absolute atomic E-state index is 0.376. The van der Waals surface area contributed by atoms with Crippen molar-refractivity contribution in [2.75, 3.05) is 7.11 Å². The Morgan fingerprint density at radius 1 is 1.47 bits per heavy atom. The monoisotopic (exact) mass is 234 g/mol. The lowest BCUT2D eigenvalue weighted by Gasteiger charge is -2.08. The summed E-state index contributed by atoms with van der Waals surface area (Å²) in [4.78, 5) is 20.4. The van der Waals surface area contributed by atoms with Gasteiger partial charge in [-0.25, -0.2) is 14.8 Å². The van der Waals surface area contributed by atoms with Gasteiger partial charge in [0.2, 0.25) is 0 Å². The van der Waals surface area contributed by atoms with E-state index in [1.54, 1.807) is 6.07 Å². The summed E-state index contributed by atoms with van der Waals surface area (Å²) in [5, 5.41) is 0. The number of hydrogen-bond donors (Lipinski definition) is 0. The molecule has 1 heterocycles. The van der Waals surface area contributed by atoms with E-state index in [4.69, 9.17) is 4.74 Å². The van der Waals surface area contributed by atoms with Gasteiger partial charge in [-0.2, -0.15) is 0 Å². The van der Waals surface area contributed by atoms with Crippen LogP contribution in [0.1, 0.15) is 54.6 Å². The van der Waals surface area contributed by atoms with Crippen molar-refractivity contribution < 1.29 is 9.53 Å². The molecule has 1 fully saturated rings. The van der Waals surface area contributed by atoms with Gasteiger partial charge in [0, 0.05) is 11.6 Å². The minimum atomic E-state index is -0.376. The Kier molecular flexibility index (Phi) is 3.41. The van der Waals surface area contributed by atoms with Gasteiger partial charge in [-0.05, 0) is 31.2 Å². The molecular formula is C13H18N2O2. The Balaban J connectivity index is 2.31. The first-order chi connectivity index (χ1) is 8.10. The summed E-state index contributed by atoms with van der Waals surface area (Å²) < 4.78 is 4.72. The fourth-order valence-corrected chi connectivity index (χ4v) is 1.77. The highest BCUT2D eigenvalue weighted by Gasteiger charge is 2.28. The Bertz CT molecular complexity index is 425. The van der Waals surface area contributed by atoms with Gasteiger partial charge in [-0.15, -0.1) is 0 Å². The molecule has 0 aromatic carbocycles. The third kappa shape index (κ3) is 3.02. The highest BCUT2D eigenvalue weighted by molar-refractivity contribution is 5.87. The van der Waals surface area contributed by atoms with E-state index in [0.29, 0.717) is 17.5 Å². The van der Waals surface area contributed by atoms with Gasteiger partial charge in [0.25, 0.3) is 0 Å². The number of carbonyl (C=O) groups excluding carboxylic acids is 1. The van der Waals surface area contributed by atoms with E-state index in [0.717, 1.165) is 30.8 Å².